The van der Waals surface area contributed by atoms with Crippen molar-refractivity contribution in [1.29, 1.82) is 0 Å². The molecule has 0 aliphatic carbocycles. The third kappa shape index (κ3) is 13.9. The highest BCUT2D eigenvalue weighted by Gasteiger charge is 2.32. The van der Waals surface area contributed by atoms with Gasteiger partial charge >= 0.3 is 0 Å². The largest absolute Gasteiger partial charge is 0.443 e. The summed E-state index contributed by atoms with van der Waals surface area (Å²) in [6, 6.07) is -0.369. The lowest BCUT2D eigenvalue weighted by Gasteiger charge is -2.22. The number of primary amides is 1. The van der Waals surface area contributed by atoms with E-state index in [1.54, 1.807) is 13.8 Å². The van der Waals surface area contributed by atoms with E-state index in [0.29, 0.717) is 0 Å². The smallest absolute Gasteiger partial charge is 0.278 e. The van der Waals surface area contributed by atoms with Gasteiger partial charge in [0.05, 0.1) is 46.0 Å². The molecule has 30 heteroatoms. The molecular formula is C51H51N15O14S. The van der Waals surface area contributed by atoms with Crippen LogP contribution in [0.25, 0.3) is 39.1 Å². The van der Waals surface area contributed by atoms with Gasteiger partial charge in [0.25, 0.3) is 47.3 Å². The van der Waals surface area contributed by atoms with Crippen LogP contribution in [0.15, 0.2) is 105 Å². The van der Waals surface area contributed by atoms with Crippen molar-refractivity contribution in [3.05, 3.63) is 144 Å². The number of rotatable bonds is 7. The quantitative estimate of drug-likeness (QED) is 0.101. The van der Waals surface area contributed by atoms with Gasteiger partial charge in [0.2, 0.25) is 29.5 Å². The minimum absolute atomic E-state index is 0.0700. The van der Waals surface area contributed by atoms with E-state index in [1.807, 2.05) is 0 Å². The number of nitrogens with one attached hydrogen (secondary N) is 9. The highest BCUT2D eigenvalue weighted by molar-refractivity contribution is 7.13. The Labute approximate surface area is 462 Å². The van der Waals surface area contributed by atoms with Gasteiger partial charge < -0.3 is 71.9 Å². The molecule has 1 aliphatic rings. The molecule has 81 heavy (non-hydrogen) atoms. The number of aryl methyl sites for hydroxylation is 2. The Morgan fingerprint density at radius 3 is 1.84 bits per heavy atom. The topological polar surface area (TPSA) is 429 Å². The van der Waals surface area contributed by atoms with Crippen LogP contribution < -0.4 is 53.6 Å². The zero-order valence-corrected chi connectivity index (χ0v) is 44.7. The first-order valence-electron chi connectivity index (χ1n) is 23.5. The number of amides is 10. The Hall–Kier alpha value is -10.8. The van der Waals surface area contributed by atoms with Crippen LogP contribution in [0.4, 0.5) is 0 Å². The van der Waals surface area contributed by atoms with Gasteiger partial charge in [-0.1, -0.05) is 59.4 Å². The molecule has 0 fully saturated rings. The van der Waals surface area contributed by atoms with E-state index in [4.69, 9.17) is 19.0 Å². The third-order valence-electron chi connectivity index (χ3n) is 11.2. The molecule has 5 aromatic heterocycles. The number of carbonyl (C=O) groups is 10. The lowest BCUT2D eigenvalue weighted by atomic mass is 10.0. The number of hydrogen-bond acceptors (Lipinski definition) is 20. The normalized spacial score (nSPS) is 17.2. The number of aliphatic hydroxyl groups excluding tert-OH is 1. The van der Waals surface area contributed by atoms with Gasteiger partial charge in [-0.25, -0.2) is 24.9 Å². The van der Waals surface area contributed by atoms with Crippen LogP contribution >= 0.6 is 11.3 Å². The zero-order chi connectivity index (χ0) is 59.9. The van der Waals surface area contributed by atoms with E-state index in [9.17, 15) is 53.1 Å². The van der Waals surface area contributed by atoms with Crippen molar-refractivity contribution >= 4 is 87.5 Å². The van der Waals surface area contributed by atoms with Crippen molar-refractivity contribution in [1.82, 2.24) is 72.8 Å². The number of carbonyl (C=O) groups excluding carboxylic acids is 10. The first-order valence-corrected chi connectivity index (χ1v) is 24.4. The summed E-state index contributed by atoms with van der Waals surface area (Å²) in [7, 11) is 0. The Balaban J connectivity index is 1.36. The van der Waals surface area contributed by atoms with E-state index in [2.05, 4.69) is 112 Å². The number of oxazole rings is 3. The minimum atomic E-state index is -1.66. The molecule has 6 heterocycles. The molecule has 5 aromatic rings. The van der Waals surface area contributed by atoms with Crippen molar-refractivity contribution in [3.63, 3.8) is 0 Å². The predicted octanol–water partition coefficient (Wildman–Crippen LogP) is 0.983. The molecule has 29 nitrogen and oxygen atoms in total. The Kier molecular flexibility index (Phi) is 18.2. The van der Waals surface area contributed by atoms with Crippen LogP contribution in [0, 0.1) is 19.8 Å². The molecule has 0 unspecified atom stereocenters. The molecule has 12 N–H and O–H groups in total. The highest BCUT2D eigenvalue weighted by atomic mass is 32.1. The number of hydrogen-bond donors (Lipinski definition) is 11. The van der Waals surface area contributed by atoms with Gasteiger partial charge in [-0.05, 0) is 45.7 Å². The third-order valence-corrected chi connectivity index (χ3v) is 12.0. The van der Waals surface area contributed by atoms with Crippen LogP contribution in [-0.2, 0) is 28.8 Å². The zero-order valence-electron chi connectivity index (χ0n) is 43.9. The van der Waals surface area contributed by atoms with Gasteiger partial charge in [-0.15, -0.1) is 11.3 Å². The SMILES string of the molecule is C=C(NC(=O)C(=C)NC(=O)c1ccc2c(n1)-c1coc(n1)C(=C)NC(=O)C(=C)NC(=O)c1nc(oc1C)C(=C)NC(=O)[C@H](C(C)C)NC(=O)C(=C)NC(=O)c1nc(oc1C)/C(=C/C)NC(=O)[C@H]([C@@H](C)O)NC(=O)c1csc-2n1)C(N)=O. The van der Waals surface area contributed by atoms with Gasteiger partial charge in [0.1, 0.15) is 57.7 Å². The summed E-state index contributed by atoms with van der Waals surface area (Å²) >= 11 is 0.894. The van der Waals surface area contributed by atoms with Gasteiger partial charge in [-0.3, -0.25) is 47.9 Å². The summed E-state index contributed by atoms with van der Waals surface area (Å²) in [4.78, 5) is 154. The average Bonchev–Trinajstić information content (AvgIpc) is 4.35. The summed E-state index contributed by atoms with van der Waals surface area (Å²) in [6.07, 6.45) is 0.879. The van der Waals surface area contributed by atoms with Crippen molar-refractivity contribution in [2.45, 2.75) is 59.7 Å². The molecule has 0 radical (unpaired) electrons. The number of fused-ring (bicyclic) bond motifs is 11. The molecule has 3 atom stereocenters. The van der Waals surface area contributed by atoms with E-state index in [1.165, 1.54) is 51.3 Å². The first-order chi connectivity index (χ1) is 38.1. The molecule has 420 valence electrons. The molecule has 0 saturated carbocycles. The molecule has 1 aliphatic heterocycles. The van der Waals surface area contributed by atoms with Crippen LogP contribution in [0.1, 0.15) is 98.8 Å². The maximum absolute atomic E-state index is 13.8. The molecule has 0 spiro atoms. The van der Waals surface area contributed by atoms with Crippen molar-refractivity contribution in [3.8, 4) is 22.0 Å². The number of aliphatic hydroxyl groups is 1. The number of aromatic nitrogens is 5. The van der Waals surface area contributed by atoms with E-state index in [0.717, 1.165) is 17.6 Å². The summed E-state index contributed by atoms with van der Waals surface area (Å²) < 4.78 is 16.9. The molecule has 0 saturated heterocycles. The number of allylic oxidation sites excluding steroid dienone is 1. The maximum Gasteiger partial charge on any atom is 0.278 e. The van der Waals surface area contributed by atoms with Crippen LogP contribution in [0.5, 0.6) is 0 Å². The minimum Gasteiger partial charge on any atom is -0.443 e. The maximum atomic E-state index is 13.8. The fraction of sp³-hybridized carbons (Fsp3) is 0.196. The lowest BCUT2D eigenvalue weighted by molar-refractivity contribution is -0.127. The number of pyridine rings is 1. The fourth-order valence-corrected chi connectivity index (χ4v) is 7.69. The van der Waals surface area contributed by atoms with Crippen molar-refractivity contribution in [2.24, 2.45) is 11.7 Å². The highest BCUT2D eigenvalue weighted by Crippen LogP contribution is 2.33. The molecule has 10 amide bonds. The Bertz CT molecular complexity index is 3610. The second-order valence-electron chi connectivity index (χ2n) is 17.6. The second-order valence-corrected chi connectivity index (χ2v) is 18.4. The van der Waals surface area contributed by atoms with Crippen LogP contribution in [0.3, 0.4) is 0 Å². The standard InChI is InChI=1S/C51H51N15O14S/c1-13-29-50-66-36(27(12)80-50)47(77)56-22(7)41(71)63-33(18(2)3)44(74)58-24(9)49-65-35(26(11)79-49)46(76)55-21(6)40(70)57-23(8)48-61-31(16-78-48)37-28(51-62-32(17-81-51)43(73)64-34(25(10)67)45(75)60-29)14-15-30(59-37)42(72)54-20(5)39(69)53-19(4)38(52)68/h13-18,25,33-34,67H,4-9H2,1-3,10-12H3,(H2,52,68)(H,53,69)(H,54,72)(H,55,76)(H,56,77)(H,57,70)(H,58,74)(H,60,75)(H,63,71)(H,64,73)/b29-13-/t25-,33+,34+/m1/s1. The Morgan fingerprint density at radius 2 is 1.23 bits per heavy atom. The molecule has 6 rings (SSSR count). The molecular weight excluding hydrogens is 1080 g/mol. The monoisotopic (exact) mass is 1130 g/mol. The van der Waals surface area contributed by atoms with Crippen LogP contribution in [0.2, 0.25) is 0 Å². The second kappa shape index (κ2) is 24.7. The van der Waals surface area contributed by atoms with Gasteiger partial charge in [0, 0.05) is 10.9 Å². The van der Waals surface area contributed by atoms with Gasteiger partial charge in [0.15, 0.2) is 11.4 Å². The van der Waals surface area contributed by atoms with Crippen molar-refractivity contribution in [2.75, 3.05) is 0 Å². The molecule has 0 aromatic carbocycles. The van der Waals surface area contributed by atoms with E-state index in [-0.39, 0.29) is 91.0 Å². The number of thiazole rings is 1. The summed E-state index contributed by atoms with van der Waals surface area (Å²) in [5.74, 6) is -11.5. The van der Waals surface area contributed by atoms with Crippen molar-refractivity contribution < 1.29 is 66.3 Å². The first kappa shape index (κ1) is 59.5. The number of nitrogens with zero attached hydrogens (tertiary/aromatic N) is 5. The summed E-state index contributed by atoms with van der Waals surface area (Å²) in [5, 5.41) is 33.3. The van der Waals surface area contributed by atoms with Crippen LogP contribution in [-0.4, -0.2) is 107 Å². The van der Waals surface area contributed by atoms with E-state index < -0.39 is 106 Å². The summed E-state index contributed by atoms with van der Waals surface area (Å²) in [5.41, 5.74) is 0.958. The summed E-state index contributed by atoms with van der Waals surface area (Å²) in [6.45, 7) is 30.2. The Morgan fingerprint density at radius 1 is 0.667 bits per heavy atom. The van der Waals surface area contributed by atoms with Gasteiger partial charge in [-0.2, -0.15) is 0 Å². The lowest BCUT2D eigenvalue weighted by Crippen LogP contribution is -2.52. The average molecular weight is 1130 g/mol. The fourth-order valence-electron chi connectivity index (χ4n) is 6.86. The molecule has 8 bridgehead atoms. The van der Waals surface area contributed by atoms with E-state index >= 15 is 0 Å². The predicted molar refractivity (Wildman–Crippen MR) is 285 cm³/mol. The number of nitrogens with two attached hydrogens (primary N) is 1.